The van der Waals surface area contributed by atoms with E-state index in [9.17, 15) is 0 Å². The minimum absolute atomic E-state index is 0. The number of benzene rings is 2. The lowest BCUT2D eigenvalue weighted by Crippen LogP contribution is -2.22. The molecule has 30 heavy (non-hydrogen) atoms. The van der Waals surface area contributed by atoms with Gasteiger partial charge >= 0.3 is 0 Å². The number of nitrogens with zero attached hydrogens (tertiary/aromatic N) is 4. The van der Waals surface area contributed by atoms with Crippen LogP contribution in [0, 0.1) is 6.92 Å². The van der Waals surface area contributed by atoms with E-state index in [0.29, 0.717) is 6.61 Å². The van der Waals surface area contributed by atoms with Gasteiger partial charge in [-0.3, -0.25) is 4.57 Å². The third-order valence-corrected chi connectivity index (χ3v) is 6.12. The lowest BCUT2D eigenvalue weighted by molar-refractivity contribution is 0.288. The number of hydrogen-bond donors (Lipinski definition) is 0. The van der Waals surface area contributed by atoms with E-state index >= 15 is 0 Å². The van der Waals surface area contributed by atoms with Gasteiger partial charge in [-0.25, -0.2) is 0 Å². The summed E-state index contributed by atoms with van der Waals surface area (Å²) < 4.78 is 8.20. The maximum Gasteiger partial charge on any atom is 0.191 e. The van der Waals surface area contributed by atoms with Gasteiger partial charge in [0.1, 0.15) is 12.4 Å². The van der Waals surface area contributed by atoms with Gasteiger partial charge in [-0.15, -0.1) is 22.6 Å². The molecule has 0 aliphatic carbocycles. The minimum atomic E-state index is 0. The Balaban J connectivity index is 0.00000256. The van der Waals surface area contributed by atoms with E-state index < -0.39 is 0 Å². The summed E-state index contributed by atoms with van der Waals surface area (Å²) in [7, 11) is 0. The van der Waals surface area contributed by atoms with Gasteiger partial charge in [0.05, 0.1) is 6.54 Å². The van der Waals surface area contributed by atoms with E-state index in [4.69, 9.17) is 4.74 Å². The van der Waals surface area contributed by atoms with Gasteiger partial charge in [-0.2, -0.15) is 0 Å². The molecule has 160 valence electrons. The van der Waals surface area contributed by atoms with Crippen LogP contribution in [0.15, 0.2) is 59.8 Å². The van der Waals surface area contributed by atoms with Crippen LogP contribution in [0.2, 0.25) is 0 Å². The average molecular weight is 445 g/mol. The summed E-state index contributed by atoms with van der Waals surface area (Å²) in [6.45, 7) is 6.81. The van der Waals surface area contributed by atoms with Gasteiger partial charge in [0.25, 0.3) is 0 Å². The fraction of sp³-hybridized carbons (Fsp3) is 0.391. The normalized spacial score (nSPS) is 13.9. The van der Waals surface area contributed by atoms with Crippen LogP contribution in [0.5, 0.6) is 5.75 Å². The first-order valence-electron chi connectivity index (χ1n) is 10.3. The first kappa shape index (κ1) is 22.7. The molecule has 5 nitrogen and oxygen atoms in total. The van der Waals surface area contributed by atoms with Gasteiger partial charge < -0.3 is 9.64 Å². The fourth-order valence-electron chi connectivity index (χ4n) is 3.58. The molecule has 0 spiro atoms. The van der Waals surface area contributed by atoms with Gasteiger partial charge in [0.2, 0.25) is 0 Å². The summed E-state index contributed by atoms with van der Waals surface area (Å²) in [6, 6.07) is 18.6. The quantitative estimate of drug-likeness (QED) is 0.442. The Hall–Kier alpha value is -2.02. The van der Waals surface area contributed by atoms with Crippen LogP contribution >= 0.6 is 24.2 Å². The first-order valence-corrected chi connectivity index (χ1v) is 11.3. The van der Waals surface area contributed by atoms with Gasteiger partial charge in [-0.05, 0) is 56.1 Å². The number of likely N-dealkylation sites (tertiary alicyclic amines) is 1. The number of ether oxygens (including phenoxy) is 1. The second-order valence-electron chi connectivity index (χ2n) is 7.47. The van der Waals surface area contributed by atoms with Crippen LogP contribution < -0.4 is 4.74 Å². The zero-order valence-electron chi connectivity index (χ0n) is 17.4. The zero-order chi connectivity index (χ0) is 19.9. The molecule has 3 aromatic rings. The average Bonchev–Trinajstić information content (AvgIpc) is 3.38. The zero-order valence-corrected chi connectivity index (χ0v) is 19.0. The topological polar surface area (TPSA) is 43.2 Å². The van der Waals surface area contributed by atoms with Gasteiger partial charge in [-0.1, -0.05) is 54.2 Å². The summed E-state index contributed by atoms with van der Waals surface area (Å²) in [4.78, 5) is 2.53. The highest BCUT2D eigenvalue weighted by molar-refractivity contribution is 7.99. The fourth-order valence-corrected chi connectivity index (χ4v) is 4.54. The first-order chi connectivity index (χ1) is 14.3. The lowest BCUT2D eigenvalue weighted by Gasteiger charge is -2.14. The molecule has 1 saturated heterocycles. The monoisotopic (exact) mass is 444 g/mol. The van der Waals surface area contributed by atoms with Crippen LogP contribution in [0.1, 0.15) is 29.8 Å². The molecule has 2 aromatic carbocycles. The van der Waals surface area contributed by atoms with Crippen LogP contribution in [-0.4, -0.2) is 45.1 Å². The number of halogens is 1. The summed E-state index contributed by atoms with van der Waals surface area (Å²) in [6.07, 6.45) is 2.66. The molecule has 7 heteroatoms. The summed E-state index contributed by atoms with van der Waals surface area (Å²) >= 11 is 1.79. The Morgan fingerprint density at radius 3 is 2.57 bits per heavy atom. The maximum atomic E-state index is 6.01. The number of aryl methyl sites for hydroxylation is 1. The summed E-state index contributed by atoms with van der Waals surface area (Å²) in [5, 5.41) is 9.91. The van der Waals surface area contributed by atoms with Crippen molar-refractivity contribution in [3.8, 4) is 5.75 Å². The van der Waals surface area contributed by atoms with Crippen molar-refractivity contribution in [1.82, 2.24) is 19.7 Å². The number of rotatable bonds is 9. The Bertz CT molecular complexity index is 913. The summed E-state index contributed by atoms with van der Waals surface area (Å²) in [5.74, 6) is 2.76. The molecule has 1 aliphatic rings. The number of aromatic nitrogens is 3. The second kappa shape index (κ2) is 11.4. The molecule has 2 heterocycles. The second-order valence-corrected chi connectivity index (χ2v) is 8.54. The van der Waals surface area contributed by atoms with E-state index in [1.54, 1.807) is 11.8 Å². The molecular formula is C23H29ClN4OS. The Morgan fingerprint density at radius 2 is 1.80 bits per heavy atom. The van der Waals surface area contributed by atoms with Crippen molar-refractivity contribution in [3.05, 3.63) is 71.5 Å². The van der Waals surface area contributed by atoms with Crippen LogP contribution in [0.4, 0.5) is 0 Å². The highest BCUT2D eigenvalue weighted by Crippen LogP contribution is 2.21. The molecule has 1 aliphatic heterocycles. The van der Waals surface area contributed by atoms with Crippen molar-refractivity contribution in [2.24, 2.45) is 0 Å². The maximum absolute atomic E-state index is 6.01. The van der Waals surface area contributed by atoms with Crippen LogP contribution in [0.25, 0.3) is 0 Å². The van der Waals surface area contributed by atoms with E-state index in [-0.39, 0.29) is 12.4 Å². The standard InChI is InChI=1S/C23H28N4OS.ClH/c1-19-8-7-11-21(16-19)28-18-22-24-25-23(29-15-14-26-12-5-6-13-26)27(22)17-20-9-3-2-4-10-20;/h2-4,7-11,16H,5-6,12-15,17-18H2,1H3;1H. The molecule has 0 radical (unpaired) electrons. The third-order valence-electron chi connectivity index (χ3n) is 5.17. The molecule has 1 fully saturated rings. The molecule has 0 saturated carbocycles. The van der Waals surface area contributed by atoms with Crippen molar-refractivity contribution >= 4 is 24.2 Å². The highest BCUT2D eigenvalue weighted by Gasteiger charge is 2.16. The van der Waals surface area contributed by atoms with E-state index in [1.807, 2.05) is 24.3 Å². The molecule has 0 bridgehead atoms. The number of hydrogen-bond acceptors (Lipinski definition) is 5. The minimum Gasteiger partial charge on any atom is -0.486 e. The Labute approximate surface area is 189 Å². The molecule has 0 amide bonds. The SMILES string of the molecule is Cc1cccc(OCc2nnc(SCCN3CCCC3)n2Cc2ccccc2)c1.Cl. The van der Waals surface area contributed by atoms with Crippen LogP contribution in [-0.2, 0) is 13.2 Å². The highest BCUT2D eigenvalue weighted by atomic mass is 35.5. The Morgan fingerprint density at radius 1 is 1.00 bits per heavy atom. The lowest BCUT2D eigenvalue weighted by atomic mass is 10.2. The van der Waals surface area contributed by atoms with Crippen molar-refractivity contribution in [2.75, 3.05) is 25.4 Å². The van der Waals surface area contributed by atoms with Crippen molar-refractivity contribution in [3.63, 3.8) is 0 Å². The van der Waals surface area contributed by atoms with Crippen molar-refractivity contribution in [1.29, 1.82) is 0 Å². The predicted octanol–water partition coefficient (Wildman–Crippen LogP) is 4.82. The van der Waals surface area contributed by atoms with E-state index in [1.165, 1.54) is 37.1 Å². The molecule has 0 atom stereocenters. The molecular weight excluding hydrogens is 416 g/mol. The van der Waals surface area contributed by atoms with Crippen molar-refractivity contribution < 1.29 is 4.74 Å². The molecule has 4 rings (SSSR count). The molecule has 0 unspecified atom stereocenters. The van der Waals surface area contributed by atoms with Crippen molar-refractivity contribution in [2.45, 2.75) is 38.1 Å². The van der Waals surface area contributed by atoms with Crippen LogP contribution in [0.3, 0.4) is 0 Å². The summed E-state index contributed by atoms with van der Waals surface area (Å²) in [5.41, 5.74) is 2.43. The third kappa shape index (κ3) is 6.24. The van der Waals surface area contributed by atoms with Gasteiger partial charge in [0, 0.05) is 12.3 Å². The predicted molar refractivity (Wildman–Crippen MR) is 125 cm³/mol. The van der Waals surface area contributed by atoms with Gasteiger partial charge in [0.15, 0.2) is 11.0 Å². The smallest absolute Gasteiger partial charge is 0.191 e. The van der Waals surface area contributed by atoms with E-state index in [2.05, 4.69) is 56.9 Å². The Kier molecular flexibility index (Phi) is 8.61. The van der Waals surface area contributed by atoms with E-state index in [0.717, 1.165) is 35.6 Å². The molecule has 1 aromatic heterocycles. The molecule has 0 N–H and O–H groups in total. The largest absolute Gasteiger partial charge is 0.486 e. The number of thioether (sulfide) groups is 1.